The monoisotopic (exact) mass is 366 g/mol. The molecule has 0 fully saturated rings. The lowest BCUT2D eigenvalue weighted by Gasteiger charge is -2.10. The van der Waals surface area contributed by atoms with Gasteiger partial charge in [0.1, 0.15) is 18.2 Å². The van der Waals surface area contributed by atoms with Gasteiger partial charge in [-0.25, -0.2) is 4.39 Å². The highest BCUT2D eigenvalue weighted by atomic mass is 19.1. The molecule has 140 valence electrons. The van der Waals surface area contributed by atoms with Crippen LogP contribution < -0.4 is 10.1 Å². The third-order valence-corrected chi connectivity index (χ3v) is 4.47. The zero-order valence-corrected chi connectivity index (χ0v) is 15.5. The van der Waals surface area contributed by atoms with E-state index in [0.29, 0.717) is 24.5 Å². The van der Waals surface area contributed by atoms with E-state index in [4.69, 9.17) is 4.74 Å². The van der Waals surface area contributed by atoms with E-state index in [9.17, 15) is 9.18 Å². The SMILES string of the molecule is Cc1cc(C(=O)NCCOc2ccc(F)cc2)c(C)n1Cc1ccccc1. The van der Waals surface area contributed by atoms with Gasteiger partial charge >= 0.3 is 0 Å². The molecule has 3 rings (SSSR count). The quantitative estimate of drug-likeness (QED) is 0.640. The third kappa shape index (κ3) is 4.76. The first-order valence-corrected chi connectivity index (χ1v) is 8.92. The second-order valence-corrected chi connectivity index (χ2v) is 6.41. The van der Waals surface area contributed by atoms with E-state index in [2.05, 4.69) is 22.0 Å². The van der Waals surface area contributed by atoms with Crippen LogP contribution in [0, 0.1) is 19.7 Å². The highest BCUT2D eigenvalue weighted by molar-refractivity contribution is 5.95. The fourth-order valence-corrected chi connectivity index (χ4v) is 3.00. The fourth-order valence-electron chi connectivity index (χ4n) is 3.00. The number of rotatable bonds is 7. The fraction of sp³-hybridized carbons (Fsp3) is 0.227. The number of nitrogens with zero attached hydrogens (tertiary/aromatic N) is 1. The van der Waals surface area contributed by atoms with Crippen molar-refractivity contribution in [3.05, 3.63) is 89.0 Å². The summed E-state index contributed by atoms with van der Waals surface area (Å²) in [6, 6.07) is 17.9. The van der Waals surface area contributed by atoms with Crippen molar-refractivity contribution in [3.8, 4) is 5.75 Å². The maximum atomic E-state index is 12.9. The largest absolute Gasteiger partial charge is 0.492 e. The van der Waals surface area contributed by atoms with Crippen molar-refractivity contribution in [1.29, 1.82) is 0 Å². The van der Waals surface area contributed by atoms with Crippen LogP contribution in [0.2, 0.25) is 0 Å². The van der Waals surface area contributed by atoms with Gasteiger partial charge in [0.2, 0.25) is 0 Å². The van der Waals surface area contributed by atoms with Crippen LogP contribution in [0.5, 0.6) is 5.75 Å². The molecule has 0 atom stereocenters. The Bertz CT molecular complexity index is 902. The minimum atomic E-state index is -0.304. The lowest BCUT2D eigenvalue weighted by Crippen LogP contribution is -2.28. The number of carbonyl (C=O) groups excluding carboxylic acids is 1. The second-order valence-electron chi connectivity index (χ2n) is 6.41. The van der Waals surface area contributed by atoms with Crippen LogP contribution in [0.25, 0.3) is 0 Å². The molecule has 1 aromatic heterocycles. The minimum absolute atomic E-state index is 0.120. The number of ether oxygens (including phenoxy) is 1. The molecule has 0 saturated heterocycles. The van der Waals surface area contributed by atoms with E-state index in [0.717, 1.165) is 17.9 Å². The van der Waals surface area contributed by atoms with E-state index in [1.807, 2.05) is 38.1 Å². The Hall–Kier alpha value is -3.08. The van der Waals surface area contributed by atoms with Crippen molar-refractivity contribution in [2.24, 2.45) is 0 Å². The van der Waals surface area contributed by atoms with E-state index < -0.39 is 0 Å². The van der Waals surface area contributed by atoms with Gasteiger partial charge in [-0.15, -0.1) is 0 Å². The third-order valence-electron chi connectivity index (χ3n) is 4.47. The molecule has 0 spiro atoms. The number of aryl methyl sites for hydroxylation is 1. The normalized spacial score (nSPS) is 10.6. The zero-order valence-electron chi connectivity index (χ0n) is 15.5. The maximum Gasteiger partial charge on any atom is 0.253 e. The Labute approximate surface area is 158 Å². The number of halogens is 1. The Kier molecular flexibility index (Phi) is 5.91. The summed E-state index contributed by atoms with van der Waals surface area (Å²) in [6.07, 6.45) is 0. The molecule has 5 heteroatoms. The molecule has 27 heavy (non-hydrogen) atoms. The van der Waals surface area contributed by atoms with Crippen LogP contribution in [0.15, 0.2) is 60.7 Å². The number of hydrogen-bond acceptors (Lipinski definition) is 2. The molecule has 4 nitrogen and oxygen atoms in total. The van der Waals surface area contributed by atoms with Crippen LogP contribution in [0.3, 0.4) is 0 Å². The number of carbonyl (C=O) groups is 1. The molecule has 0 aliphatic rings. The second kappa shape index (κ2) is 8.54. The number of benzene rings is 2. The molecule has 1 N–H and O–H groups in total. The Balaban J connectivity index is 1.56. The molecule has 0 bridgehead atoms. The topological polar surface area (TPSA) is 43.3 Å². The van der Waals surface area contributed by atoms with E-state index in [-0.39, 0.29) is 11.7 Å². The summed E-state index contributed by atoms with van der Waals surface area (Å²) >= 11 is 0. The molecule has 0 saturated carbocycles. The minimum Gasteiger partial charge on any atom is -0.492 e. The first kappa shape index (κ1) is 18.7. The average Bonchev–Trinajstić information content (AvgIpc) is 2.95. The lowest BCUT2D eigenvalue weighted by molar-refractivity contribution is 0.0946. The van der Waals surface area contributed by atoms with Crippen molar-refractivity contribution in [2.75, 3.05) is 13.2 Å². The molecule has 1 heterocycles. The Morgan fingerprint density at radius 2 is 1.78 bits per heavy atom. The number of aromatic nitrogens is 1. The van der Waals surface area contributed by atoms with Gasteiger partial charge in [0.25, 0.3) is 5.91 Å². The van der Waals surface area contributed by atoms with Gasteiger partial charge in [-0.1, -0.05) is 30.3 Å². The van der Waals surface area contributed by atoms with E-state index in [1.165, 1.54) is 17.7 Å². The predicted molar refractivity (Wildman–Crippen MR) is 104 cm³/mol. The molecule has 0 aliphatic carbocycles. The van der Waals surface area contributed by atoms with Crippen LogP contribution in [0.1, 0.15) is 27.3 Å². The zero-order chi connectivity index (χ0) is 19.2. The number of hydrogen-bond donors (Lipinski definition) is 1. The van der Waals surface area contributed by atoms with Crippen LogP contribution >= 0.6 is 0 Å². The van der Waals surface area contributed by atoms with Gasteiger partial charge in [0.05, 0.1) is 12.1 Å². The Morgan fingerprint density at radius 3 is 2.48 bits per heavy atom. The summed E-state index contributed by atoms with van der Waals surface area (Å²) in [5.41, 5.74) is 3.85. The molecule has 3 aromatic rings. The lowest BCUT2D eigenvalue weighted by atomic mass is 10.2. The smallest absolute Gasteiger partial charge is 0.253 e. The van der Waals surface area contributed by atoms with E-state index in [1.54, 1.807) is 12.1 Å². The predicted octanol–water partition coefficient (Wildman–Crippen LogP) is 4.10. The standard InChI is InChI=1S/C22H23FN2O2/c1-16-14-21(17(2)25(16)15-18-6-4-3-5-7-18)22(26)24-12-13-27-20-10-8-19(23)9-11-20/h3-11,14H,12-13,15H2,1-2H3,(H,24,26). The van der Waals surface area contributed by atoms with Gasteiger partial charge in [-0.05, 0) is 49.7 Å². The van der Waals surface area contributed by atoms with Gasteiger partial charge in [-0.2, -0.15) is 0 Å². The van der Waals surface area contributed by atoms with E-state index >= 15 is 0 Å². The highest BCUT2D eigenvalue weighted by Crippen LogP contribution is 2.17. The van der Waals surface area contributed by atoms with Crippen LogP contribution in [-0.4, -0.2) is 23.6 Å². The molecular weight excluding hydrogens is 343 g/mol. The molecular formula is C22H23FN2O2. The number of nitrogens with one attached hydrogen (secondary N) is 1. The number of amides is 1. The maximum absolute atomic E-state index is 12.9. The van der Waals surface area contributed by atoms with Crippen molar-refractivity contribution in [1.82, 2.24) is 9.88 Å². The summed E-state index contributed by atoms with van der Waals surface area (Å²) in [4.78, 5) is 12.5. The summed E-state index contributed by atoms with van der Waals surface area (Å²) in [7, 11) is 0. The molecule has 2 aromatic carbocycles. The highest BCUT2D eigenvalue weighted by Gasteiger charge is 2.15. The van der Waals surface area contributed by atoms with Crippen LogP contribution in [0.4, 0.5) is 4.39 Å². The summed E-state index contributed by atoms with van der Waals surface area (Å²) in [6.45, 7) is 5.39. The Morgan fingerprint density at radius 1 is 1.07 bits per heavy atom. The summed E-state index contributed by atoms with van der Waals surface area (Å²) < 4.78 is 20.5. The molecule has 0 aliphatic heterocycles. The molecule has 0 unspecified atom stereocenters. The van der Waals surface area contributed by atoms with Gasteiger partial charge in [-0.3, -0.25) is 4.79 Å². The van der Waals surface area contributed by atoms with Crippen molar-refractivity contribution in [2.45, 2.75) is 20.4 Å². The molecule has 0 radical (unpaired) electrons. The van der Waals surface area contributed by atoms with Crippen molar-refractivity contribution >= 4 is 5.91 Å². The van der Waals surface area contributed by atoms with Crippen LogP contribution in [-0.2, 0) is 6.54 Å². The van der Waals surface area contributed by atoms with Gasteiger partial charge in [0.15, 0.2) is 0 Å². The van der Waals surface area contributed by atoms with Crippen molar-refractivity contribution in [3.63, 3.8) is 0 Å². The van der Waals surface area contributed by atoms with Gasteiger partial charge < -0.3 is 14.6 Å². The first-order valence-electron chi connectivity index (χ1n) is 8.92. The van der Waals surface area contributed by atoms with Gasteiger partial charge in [0, 0.05) is 17.9 Å². The summed E-state index contributed by atoms with van der Waals surface area (Å²) in [5, 5.41) is 2.87. The summed E-state index contributed by atoms with van der Waals surface area (Å²) in [5.74, 6) is 0.151. The first-order chi connectivity index (χ1) is 13.0. The van der Waals surface area contributed by atoms with Crippen molar-refractivity contribution < 1.29 is 13.9 Å². The molecule has 1 amide bonds. The average molecular weight is 366 g/mol.